The van der Waals surface area contributed by atoms with E-state index in [4.69, 9.17) is 11.6 Å². The Hall–Kier alpha value is -0.600. The highest BCUT2D eigenvalue weighted by molar-refractivity contribution is 6.31. The Morgan fingerprint density at radius 3 is 2.89 bits per heavy atom. The van der Waals surface area contributed by atoms with Crippen LogP contribution in [-0.2, 0) is 6.42 Å². The summed E-state index contributed by atoms with van der Waals surface area (Å²) in [7, 11) is 0. The summed E-state index contributed by atoms with van der Waals surface area (Å²) in [5.74, 6) is 2.88. The van der Waals surface area contributed by atoms with Crippen LogP contribution >= 0.6 is 11.6 Å². The summed E-state index contributed by atoms with van der Waals surface area (Å²) >= 11 is 6.26. The molecule has 2 aliphatic rings. The summed E-state index contributed by atoms with van der Waals surface area (Å²) in [6.45, 7) is 3.35. The number of nitrogens with zero attached hydrogens (tertiary/aromatic N) is 1. The van der Waals surface area contributed by atoms with E-state index in [0.29, 0.717) is 6.04 Å². The quantitative estimate of drug-likeness (QED) is 0.858. The molecule has 0 saturated heterocycles. The molecule has 1 heterocycles. The zero-order valence-corrected chi connectivity index (χ0v) is 12.4. The van der Waals surface area contributed by atoms with Gasteiger partial charge in [0.15, 0.2) is 0 Å². The van der Waals surface area contributed by atoms with Gasteiger partial charge in [-0.15, -0.1) is 0 Å². The molecule has 3 unspecified atom stereocenters. The van der Waals surface area contributed by atoms with Gasteiger partial charge in [-0.25, -0.2) is 0 Å². The number of hydrogen-bond donors (Lipinski definition) is 1. The van der Waals surface area contributed by atoms with E-state index in [2.05, 4.69) is 23.3 Å². The first-order chi connectivity index (χ1) is 9.31. The monoisotopic (exact) mass is 278 g/mol. The molecule has 3 atom stereocenters. The van der Waals surface area contributed by atoms with Crippen LogP contribution in [0.1, 0.15) is 38.2 Å². The molecule has 0 spiro atoms. The predicted octanol–water partition coefficient (Wildman–Crippen LogP) is 3.69. The van der Waals surface area contributed by atoms with Crippen molar-refractivity contribution in [2.75, 3.05) is 6.54 Å². The molecule has 3 rings (SSSR count). The number of halogens is 1. The Kier molecular flexibility index (Phi) is 4.09. The molecular weight excluding hydrogens is 256 g/mol. The molecule has 0 bridgehead atoms. The average Bonchev–Trinajstić information content (AvgIpc) is 2.89. The van der Waals surface area contributed by atoms with Gasteiger partial charge in [-0.05, 0) is 61.6 Å². The normalized spacial score (nSPS) is 30.1. The minimum absolute atomic E-state index is 0.607. The Morgan fingerprint density at radius 1 is 1.42 bits per heavy atom. The predicted molar refractivity (Wildman–Crippen MR) is 79.4 cm³/mol. The van der Waals surface area contributed by atoms with Crippen molar-refractivity contribution in [2.24, 2.45) is 17.8 Å². The highest BCUT2D eigenvalue weighted by Gasteiger charge is 2.55. The van der Waals surface area contributed by atoms with Crippen LogP contribution in [0.25, 0.3) is 0 Å². The second kappa shape index (κ2) is 5.80. The number of hydrogen-bond acceptors (Lipinski definition) is 2. The summed E-state index contributed by atoms with van der Waals surface area (Å²) in [5, 5.41) is 4.57. The highest BCUT2D eigenvalue weighted by atomic mass is 35.5. The van der Waals surface area contributed by atoms with Crippen LogP contribution in [0.3, 0.4) is 0 Å². The minimum atomic E-state index is 0.607. The van der Waals surface area contributed by atoms with Gasteiger partial charge in [-0.3, -0.25) is 4.98 Å². The van der Waals surface area contributed by atoms with Crippen molar-refractivity contribution in [3.8, 4) is 0 Å². The summed E-state index contributed by atoms with van der Waals surface area (Å²) in [6.07, 6.45) is 10.2. The lowest BCUT2D eigenvalue weighted by Crippen LogP contribution is -2.35. The molecule has 19 heavy (non-hydrogen) atoms. The van der Waals surface area contributed by atoms with Gasteiger partial charge in [-0.2, -0.15) is 0 Å². The van der Waals surface area contributed by atoms with Crippen LogP contribution in [0.2, 0.25) is 5.02 Å². The number of fused-ring (bicyclic) bond motifs is 1. The number of aromatic nitrogens is 1. The largest absolute Gasteiger partial charge is 0.313 e. The van der Waals surface area contributed by atoms with Gasteiger partial charge >= 0.3 is 0 Å². The Balaban J connectivity index is 1.68. The maximum atomic E-state index is 6.26. The van der Waals surface area contributed by atoms with E-state index in [1.807, 2.05) is 6.20 Å². The van der Waals surface area contributed by atoms with E-state index in [0.717, 1.165) is 35.7 Å². The highest BCUT2D eigenvalue weighted by Crippen LogP contribution is 2.59. The van der Waals surface area contributed by atoms with Gasteiger partial charge in [0, 0.05) is 18.4 Å². The zero-order valence-electron chi connectivity index (χ0n) is 11.6. The van der Waals surface area contributed by atoms with Crippen LogP contribution in [0.15, 0.2) is 18.5 Å². The molecule has 2 fully saturated rings. The Bertz CT molecular complexity index is 425. The Labute approximate surface area is 121 Å². The fourth-order valence-electron chi connectivity index (χ4n) is 3.95. The van der Waals surface area contributed by atoms with E-state index < -0.39 is 0 Å². The van der Waals surface area contributed by atoms with E-state index in [9.17, 15) is 0 Å². The van der Waals surface area contributed by atoms with Crippen LogP contribution in [0.4, 0.5) is 0 Å². The van der Waals surface area contributed by atoms with Gasteiger partial charge in [0.2, 0.25) is 0 Å². The lowest BCUT2D eigenvalue weighted by atomic mass is 9.97. The van der Waals surface area contributed by atoms with Crippen LogP contribution in [0.5, 0.6) is 0 Å². The Morgan fingerprint density at radius 2 is 2.21 bits per heavy atom. The van der Waals surface area contributed by atoms with Crippen molar-refractivity contribution in [3.63, 3.8) is 0 Å². The molecule has 104 valence electrons. The molecule has 0 amide bonds. The molecule has 1 aromatic rings. The molecule has 0 aliphatic heterocycles. The summed E-state index contributed by atoms with van der Waals surface area (Å²) in [6, 6.07) is 2.68. The van der Waals surface area contributed by atoms with E-state index in [1.165, 1.54) is 31.2 Å². The molecule has 0 radical (unpaired) electrons. The minimum Gasteiger partial charge on any atom is -0.313 e. The molecule has 2 nitrogen and oxygen atoms in total. The molecule has 1 N–H and O–H groups in total. The third-order valence-corrected chi connectivity index (χ3v) is 5.23. The first-order valence-electron chi connectivity index (χ1n) is 7.63. The van der Waals surface area contributed by atoms with Gasteiger partial charge in [0.1, 0.15) is 0 Å². The standard InChI is InChI=1S/C16H23ClN2/c1-2-7-19-15(16-12-4-3-5-13(12)16)9-11-6-8-18-10-14(11)17/h6,8,10,12-13,15-16,19H,2-5,7,9H2,1H3. The smallest absolute Gasteiger partial charge is 0.0621 e. The van der Waals surface area contributed by atoms with Crippen LogP contribution < -0.4 is 5.32 Å². The molecular formula is C16H23ClN2. The van der Waals surface area contributed by atoms with Crippen molar-refractivity contribution in [1.82, 2.24) is 10.3 Å². The van der Waals surface area contributed by atoms with Crippen LogP contribution in [-0.4, -0.2) is 17.6 Å². The maximum absolute atomic E-state index is 6.26. The molecule has 2 saturated carbocycles. The van der Waals surface area contributed by atoms with Crippen LogP contribution in [0, 0.1) is 17.8 Å². The fraction of sp³-hybridized carbons (Fsp3) is 0.688. The fourth-order valence-corrected chi connectivity index (χ4v) is 4.15. The number of pyridine rings is 1. The molecule has 1 aromatic heterocycles. The molecule has 0 aromatic carbocycles. The number of rotatable bonds is 6. The van der Waals surface area contributed by atoms with Gasteiger partial charge < -0.3 is 5.32 Å². The van der Waals surface area contributed by atoms with E-state index in [-0.39, 0.29) is 0 Å². The van der Waals surface area contributed by atoms with Gasteiger partial charge in [-0.1, -0.05) is 24.9 Å². The molecule has 2 aliphatic carbocycles. The second-order valence-electron chi connectivity index (χ2n) is 6.07. The lowest BCUT2D eigenvalue weighted by molar-refractivity contribution is 0.403. The average molecular weight is 279 g/mol. The van der Waals surface area contributed by atoms with E-state index in [1.54, 1.807) is 6.20 Å². The van der Waals surface area contributed by atoms with Crippen molar-refractivity contribution in [3.05, 3.63) is 29.0 Å². The molecule has 3 heteroatoms. The first kappa shape index (κ1) is 13.4. The topological polar surface area (TPSA) is 24.9 Å². The first-order valence-corrected chi connectivity index (χ1v) is 8.00. The summed E-state index contributed by atoms with van der Waals surface area (Å²) in [5.41, 5.74) is 1.25. The number of nitrogens with one attached hydrogen (secondary N) is 1. The van der Waals surface area contributed by atoms with Crippen molar-refractivity contribution < 1.29 is 0 Å². The van der Waals surface area contributed by atoms with Crippen molar-refractivity contribution >= 4 is 11.6 Å². The third-order valence-electron chi connectivity index (χ3n) is 4.89. The van der Waals surface area contributed by atoms with Crippen molar-refractivity contribution in [1.29, 1.82) is 0 Å². The second-order valence-corrected chi connectivity index (χ2v) is 6.47. The van der Waals surface area contributed by atoms with Crippen molar-refractivity contribution in [2.45, 2.75) is 45.1 Å². The van der Waals surface area contributed by atoms with Gasteiger partial charge in [0.25, 0.3) is 0 Å². The third kappa shape index (κ3) is 2.80. The lowest BCUT2D eigenvalue weighted by Gasteiger charge is -2.21. The SMILES string of the molecule is CCCNC(Cc1ccncc1Cl)C1C2CCCC21. The maximum Gasteiger partial charge on any atom is 0.0621 e. The summed E-state index contributed by atoms with van der Waals surface area (Å²) in [4.78, 5) is 4.08. The van der Waals surface area contributed by atoms with E-state index >= 15 is 0 Å². The zero-order chi connectivity index (χ0) is 13.2. The van der Waals surface area contributed by atoms with Gasteiger partial charge in [0.05, 0.1) is 5.02 Å². The summed E-state index contributed by atoms with van der Waals surface area (Å²) < 4.78 is 0.